The first-order chi connectivity index (χ1) is 14.1. The van der Waals surface area contributed by atoms with Crippen LogP contribution >= 0.6 is 11.8 Å². The minimum Gasteiger partial charge on any atom is -0.497 e. The maximum Gasteiger partial charge on any atom is 0.355 e. The molecule has 1 aromatic heterocycles. The second kappa shape index (κ2) is 7.94. The number of nitrogens with zero attached hydrogens (tertiary/aromatic N) is 4. The van der Waals surface area contributed by atoms with Crippen LogP contribution in [0.3, 0.4) is 0 Å². The number of hydrogen-bond acceptors (Lipinski definition) is 7. The van der Waals surface area contributed by atoms with E-state index in [-0.39, 0.29) is 12.3 Å². The fourth-order valence-corrected chi connectivity index (χ4v) is 4.52. The van der Waals surface area contributed by atoms with Crippen LogP contribution in [0.25, 0.3) is 16.0 Å². The van der Waals surface area contributed by atoms with Crippen LogP contribution in [0.4, 0.5) is 0 Å². The van der Waals surface area contributed by atoms with E-state index in [1.807, 2.05) is 0 Å². The van der Waals surface area contributed by atoms with E-state index in [2.05, 4.69) is 10.0 Å². The molecule has 0 spiro atoms. The second-order valence-corrected chi connectivity index (χ2v) is 7.39. The fraction of sp³-hybridized carbons (Fsp3) is 0.263. The molecule has 0 radical (unpaired) electrons. The van der Waals surface area contributed by atoms with Crippen LogP contribution < -0.4 is 4.74 Å². The zero-order chi connectivity index (χ0) is 20.4. The Balaban J connectivity index is 1.60. The maximum absolute atomic E-state index is 12.9. The number of ether oxygens (including phenoxy) is 2. The molecular formula is C19H16N4O5S. The van der Waals surface area contributed by atoms with Crippen LogP contribution in [0.5, 0.6) is 5.75 Å². The lowest BCUT2D eigenvalue weighted by molar-refractivity contribution is -0.151. The molecule has 2 aromatic rings. The van der Waals surface area contributed by atoms with E-state index >= 15 is 0 Å². The number of carbonyl (C=O) groups excluding carboxylic acids is 2. The number of furan rings is 1. The summed E-state index contributed by atoms with van der Waals surface area (Å²) in [5.74, 6) is 0.551. The molecule has 2 atom stereocenters. The molecule has 2 aliphatic rings. The van der Waals surface area contributed by atoms with Crippen LogP contribution in [0, 0.1) is 0 Å². The third-order valence-electron chi connectivity index (χ3n) is 4.66. The summed E-state index contributed by atoms with van der Waals surface area (Å²) in [5, 5.41) is 3.12. The summed E-state index contributed by atoms with van der Waals surface area (Å²) in [4.78, 5) is 29.5. The molecule has 1 amide bonds. The standard InChI is InChI=1S/C19H16N4O5S/c1-26-12-6-4-11(5-7-12)9-28-19(25)16-13(14-3-2-8-27-14)10-29-18-15(21-22-20)17(24)23(16)18/h2-8,15,18H,9-10H2,1H3/t15-,18+/m0/s1. The van der Waals surface area contributed by atoms with Gasteiger partial charge >= 0.3 is 5.97 Å². The Bertz CT molecular complexity index is 1010. The second-order valence-electron chi connectivity index (χ2n) is 6.29. The lowest BCUT2D eigenvalue weighted by atomic mass is 10.0. The summed E-state index contributed by atoms with van der Waals surface area (Å²) in [6, 6.07) is 9.73. The largest absolute Gasteiger partial charge is 0.497 e. The van der Waals surface area contributed by atoms with E-state index < -0.39 is 23.3 Å². The zero-order valence-electron chi connectivity index (χ0n) is 15.3. The third-order valence-corrected chi connectivity index (χ3v) is 5.92. The number of amides is 1. The van der Waals surface area contributed by atoms with Gasteiger partial charge in [0.15, 0.2) is 0 Å². The monoisotopic (exact) mass is 412 g/mol. The van der Waals surface area contributed by atoms with E-state index in [1.165, 1.54) is 22.9 Å². The summed E-state index contributed by atoms with van der Waals surface area (Å²) in [6.45, 7) is 0.0391. The minimum absolute atomic E-state index is 0.0391. The molecule has 1 aromatic carbocycles. The van der Waals surface area contributed by atoms with Crippen molar-refractivity contribution >= 4 is 29.2 Å². The van der Waals surface area contributed by atoms with Gasteiger partial charge in [-0.15, -0.1) is 11.8 Å². The summed E-state index contributed by atoms with van der Waals surface area (Å²) in [7, 11) is 1.57. The Morgan fingerprint density at radius 2 is 2.17 bits per heavy atom. The first-order valence-corrected chi connectivity index (χ1v) is 9.75. The molecule has 0 aliphatic carbocycles. The van der Waals surface area contributed by atoms with E-state index in [4.69, 9.17) is 19.4 Å². The smallest absolute Gasteiger partial charge is 0.355 e. The number of rotatable bonds is 6. The molecule has 3 heterocycles. The summed E-state index contributed by atoms with van der Waals surface area (Å²) >= 11 is 1.41. The Morgan fingerprint density at radius 3 is 2.83 bits per heavy atom. The van der Waals surface area contributed by atoms with Crippen LogP contribution in [-0.2, 0) is 20.9 Å². The van der Waals surface area contributed by atoms with Gasteiger partial charge < -0.3 is 13.9 Å². The first kappa shape index (κ1) is 19.0. The van der Waals surface area contributed by atoms with Crippen molar-refractivity contribution in [2.24, 2.45) is 5.11 Å². The lowest BCUT2D eigenvalue weighted by Crippen LogP contribution is -2.63. The van der Waals surface area contributed by atoms with Gasteiger partial charge in [0.1, 0.15) is 35.2 Å². The number of esters is 1. The first-order valence-electron chi connectivity index (χ1n) is 8.70. The minimum atomic E-state index is -0.826. The number of hydrogen-bond donors (Lipinski definition) is 0. The topological polar surface area (TPSA) is 118 Å². The van der Waals surface area contributed by atoms with Gasteiger partial charge in [-0.3, -0.25) is 9.69 Å². The third kappa shape index (κ3) is 3.43. The van der Waals surface area contributed by atoms with Gasteiger partial charge in [0.2, 0.25) is 5.91 Å². The fourth-order valence-electron chi connectivity index (χ4n) is 3.20. The van der Waals surface area contributed by atoms with Gasteiger partial charge in [-0.1, -0.05) is 17.2 Å². The van der Waals surface area contributed by atoms with Crippen molar-refractivity contribution in [1.82, 2.24) is 4.90 Å². The van der Waals surface area contributed by atoms with Crippen molar-refractivity contribution < 1.29 is 23.5 Å². The van der Waals surface area contributed by atoms with E-state index in [1.54, 1.807) is 43.5 Å². The van der Waals surface area contributed by atoms with Crippen LogP contribution in [0.2, 0.25) is 0 Å². The van der Waals surface area contributed by atoms with E-state index in [9.17, 15) is 9.59 Å². The molecule has 0 unspecified atom stereocenters. The Kier molecular flexibility index (Phi) is 5.20. The molecule has 10 heteroatoms. The summed E-state index contributed by atoms with van der Waals surface area (Å²) < 4.78 is 16.0. The number of β-lactam (4-membered cyclic amide) rings is 1. The van der Waals surface area contributed by atoms with Gasteiger partial charge in [0, 0.05) is 16.2 Å². The maximum atomic E-state index is 12.9. The van der Waals surface area contributed by atoms with Gasteiger partial charge in [-0.25, -0.2) is 4.79 Å². The van der Waals surface area contributed by atoms with Crippen molar-refractivity contribution in [2.75, 3.05) is 12.9 Å². The molecule has 0 bridgehead atoms. The molecule has 1 fully saturated rings. The van der Waals surface area contributed by atoms with Gasteiger partial charge in [-0.05, 0) is 35.4 Å². The molecule has 1 saturated heterocycles. The zero-order valence-corrected chi connectivity index (χ0v) is 16.2. The van der Waals surface area contributed by atoms with Crippen molar-refractivity contribution in [2.45, 2.75) is 18.0 Å². The molecular weight excluding hydrogens is 396 g/mol. The molecule has 29 heavy (non-hydrogen) atoms. The Hall–Kier alpha value is -3.36. The highest BCUT2D eigenvalue weighted by Gasteiger charge is 2.53. The van der Waals surface area contributed by atoms with Crippen molar-refractivity contribution in [1.29, 1.82) is 0 Å². The van der Waals surface area contributed by atoms with Crippen molar-refractivity contribution in [3.05, 3.63) is 70.1 Å². The molecule has 9 nitrogen and oxygen atoms in total. The lowest BCUT2D eigenvalue weighted by Gasteiger charge is -2.47. The van der Waals surface area contributed by atoms with E-state index in [0.29, 0.717) is 22.8 Å². The van der Waals surface area contributed by atoms with Crippen molar-refractivity contribution in [3.63, 3.8) is 0 Å². The molecule has 148 valence electrons. The van der Waals surface area contributed by atoms with Gasteiger partial charge in [0.25, 0.3) is 0 Å². The van der Waals surface area contributed by atoms with Gasteiger partial charge in [0.05, 0.1) is 13.4 Å². The molecule has 0 N–H and O–H groups in total. The average molecular weight is 412 g/mol. The highest BCUT2D eigenvalue weighted by atomic mass is 32.2. The predicted molar refractivity (Wildman–Crippen MR) is 104 cm³/mol. The van der Waals surface area contributed by atoms with Gasteiger partial charge in [-0.2, -0.15) is 0 Å². The molecule has 2 aliphatic heterocycles. The Morgan fingerprint density at radius 1 is 1.38 bits per heavy atom. The molecule has 4 rings (SSSR count). The SMILES string of the molecule is COc1ccc(COC(=O)C2=C(c3ccco3)CS[C@@H]3[C@@H](N=[N+]=[N-])C(=O)N23)cc1. The quantitative estimate of drug-likeness (QED) is 0.236. The van der Waals surface area contributed by atoms with Crippen LogP contribution in [0.15, 0.2) is 57.9 Å². The van der Waals surface area contributed by atoms with Crippen LogP contribution in [-0.4, -0.2) is 41.1 Å². The number of methoxy groups -OCH3 is 1. The number of azide groups is 1. The summed E-state index contributed by atoms with van der Waals surface area (Å²) in [6.07, 6.45) is 1.50. The normalized spacial score (nSPS) is 20.4. The van der Waals surface area contributed by atoms with Crippen molar-refractivity contribution in [3.8, 4) is 5.75 Å². The number of thioether (sulfide) groups is 1. The van der Waals surface area contributed by atoms with Crippen LogP contribution in [0.1, 0.15) is 11.3 Å². The highest BCUT2D eigenvalue weighted by Crippen LogP contribution is 2.44. The summed E-state index contributed by atoms with van der Waals surface area (Å²) in [5.41, 5.74) is 10.2. The Labute approximate surface area is 169 Å². The number of fused-ring (bicyclic) bond motifs is 1. The van der Waals surface area contributed by atoms with E-state index in [0.717, 1.165) is 5.56 Å². The predicted octanol–water partition coefficient (Wildman–Crippen LogP) is 3.34. The average Bonchev–Trinajstić information content (AvgIpc) is 3.29. The number of benzene rings is 1. The molecule has 0 saturated carbocycles. The number of carbonyl (C=O) groups is 2. The highest BCUT2D eigenvalue weighted by molar-refractivity contribution is 8.00.